The van der Waals surface area contributed by atoms with Crippen LogP contribution in [0.4, 0.5) is 0 Å². The van der Waals surface area contributed by atoms with Gasteiger partial charge in [0.2, 0.25) is 0 Å². The van der Waals surface area contributed by atoms with Gasteiger partial charge in [-0.3, -0.25) is 0 Å². The fraction of sp³-hybridized carbons (Fsp3) is 0. The molecule has 5 rings (SSSR count). The van der Waals surface area contributed by atoms with Gasteiger partial charge in [-0.05, 0) is 58.3 Å². The van der Waals surface area contributed by atoms with Gasteiger partial charge in [0.05, 0.1) is 16.6 Å². The van der Waals surface area contributed by atoms with Gasteiger partial charge in [0.25, 0.3) is 0 Å². The predicted octanol–water partition coefficient (Wildman–Crippen LogP) is 5.75. The van der Waals surface area contributed by atoms with E-state index in [0.717, 1.165) is 44.3 Å². The SMILES string of the molecule is O=C(O)c1ccc2cc(-c3cccc(-c4nc5ccccc5[nH]4)c3)ccc2c1. The fourth-order valence-electron chi connectivity index (χ4n) is 3.49. The van der Waals surface area contributed by atoms with Crippen molar-refractivity contribution in [2.24, 2.45) is 0 Å². The highest BCUT2D eigenvalue weighted by molar-refractivity contribution is 5.95. The third kappa shape index (κ3) is 2.81. The molecule has 0 saturated heterocycles. The minimum Gasteiger partial charge on any atom is -0.478 e. The lowest BCUT2D eigenvalue weighted by molar-refractivity contribution is 0.0697. The molecule has 0 saturated carbocycles. The number of aromatic amines is 1. The number of nitrogens with one attached hydrogen (secondary N) is 1. The summed E-state index contributed by atoms with van der Waals surface area (Å²) >= 11 is 0. The number of para-hydroxylation sites is 2. The maximum atomic E-state index is 11.2. The highest BCUT2D eigenvalue weighted by Gasteiger charge is 2.08. The van der Waals surface area contributed by atoms with Gasteiger partial charge in [0.15, 0.2) is 0 Å². The number of fused-ring (bicyclic) bond motifs is 2. The van der Waals surface area contributed by atoms with E-state index < -0.39 is 5.97 Å². The lowest BCUT2D eigenvalue weighted by atomic mass is 9.98. The van der Waals surface area contributed by atoms with Crippen LogP contribution in [0.3, 0.4) is 0 Å². The van der Waals surface area contributed by atoms with E-state index in [2.05, 4.69) is 28.2 Å². The van der Waals surface area contributed by atoms with Gasteiger partial charge in [0.1, 0.15) is 5.82 Å². The Morgan fingerprint density at radius 3 is 2.36 bits per heavy atom. The molecule has 0 spiro atoms. The molecule has 0 bridgehead atoms. The largest absolute Gasteiger partial charge is 0.478 e. The normalized spacial score (nSPS) is 11.1. The molecular formula is C24H16N2O2. The summed E-state index contributed by atoms with van der Waals surface area (Å²) in [7, 11) is 0. The zero-order chi connectivity index (χ0) is 19.1. The summed E-state index contributed by atoms with van der Waals surface area (Å²) in [5, 5.41) is 11.1. The van der Waals surface area contributed by atoms with Crippen LogP contribution in [0.2, 0.25) is 0 Å². The number of hydrogen-bond acceptors (Lipinski definition) is 2. The van der Waals surface area contributed by atoms with Crippen LogP contribution in [-0.4, -0.2) is 21.0 Å². The summed E-state index contributed by atoms with van der Waals surface area (Å²) in [6.07, 6.45) is 0. The number of nitrogens with zero attached hydrogens (tertiary/aromatic N) is 1. The zero-order valence-corrected chi connectivity index (χ0v) is 14.9. The van der Waals surface area contributed by atoms with Crippen LogP contribution >= 0.6 is 0 Å². The van der Waals surface area contributed by atoms with E-state index in [1.165, 1.54) is 0 Å². The maximum absolute atomic E-state index is 11.2. The van der Waals surface area contributed by atoms with Crippen molar-refractivity contribution in [3.05, 3.63) is 90.5 Å². The Morgan fingerprint density at radius 1 is 0.750 bits per heavy atom. The lowest BCUT2D eigenvalue weighted by Gasteiger charge is -2.07. The molecule has 0 radical (unpaired) electrons. The summed E-state index contributed by atoms with van der Waals surface area (Å²) in [5.74, 6) is -0.0700. The molecule has 5 aromatic rings. The molecule has 1 heterocycles. The average molecular weight is 364 g/mol. The number of carboxylic acids is 1. The first kappa shape index (κ1) is 16.3. The van der Waals surface area contributed by atoms with Crippen molar-refractivity contribution in [1.82, 2.24) is 9.97 Å². The molecule has 0 unspecified atom stereocenters. The van der Waals surface area contributed by atoms with Crippen LogP contribution in [0.25, 0.3) is 44.3 Å². The Morgan fingerprint density at radius 2 is 1.50 bits per heavy atom. The van der Waals surface area contributed by atoms with Crippen molar-refractivity contribution in [1.29, 1.82) is 0 Å². The highest BCUT2D eigenvalue weighted by Crippen LogP contribution is 2.29. The zero-order valence-electron chi connectivity index (χ0n) is 14.9. The molecule has 28 heavy (non-hydrogen) atoms. The Hall–Kier alpha value is -3.92. The van der Waals surface area contributed by atoms with Gasteiger partial charge < -0.3 is 10.1 Å². The lowest BCUT2D eigenvalue weighted by Crippen LogP contribution is -1.95. The number of hydrogen-bond donors (Lipinski definition) is 2. The molecular weight excluding hydrogens is 348 g/mol. The number of benzene rings is 4. The molecule has 0 fully saturated rings. The van der Waals surface area contributed by atoms with Gasteiger partial charge >= 0.3 is 5.97 Å². The van der Waals surface area contributed by atoms with Crippen LogP contribution < -0.4 is 0 Å². The first-order valence-electron chi connectivity index (χ1n) is 9.00. The van der Waals surface area contributed by atoms with Crippen LogP contribution in [0.15, 0.2) is 84.9 Å². The van der Waals surface area contributed by atoms with Gasteiger partial charge in [-0.25, -0.2) is 9.78 Å². The maximum Gasteiger partial charge on any atom is 0.335 e. The first-order chi connectivity index (χ1) is 13.7. The van der Waals surface area contributed by atoms with E-state index in [4.69, 9.17) is 5.11 Å². The molecule has 134 valence electrons. The molecule has 0 aliphatic rings. The smallest absolute Gasteiger partial charge is 0.335 e. The predicted molar refractivity (Wildman–Crippen MR) is 111 cm³/mol. The van der Waals surface area contributed by atoms with Crippen molar-refractivity contribution in [3.8, 4) is 22.5 Å². The van der Waals surface area contributed by atoms with E-state index in [1.54, 1.807) is 12.1 Å². The Labute approximate surface area is 161 Å². The van der Waals surface area contributed by atoms with Crippen molar-refractivity contribution < 1.29 is 9.90 Å². The molecule has 1 aromatic heterocycles. The van der Waals surface area contributed by atoms with Gasteiger partial charge in [-0.2, -0.15) is 0 Å². The van der Waals surface area contributed by atoms with E-state index in [1.807, 2.05) is 54.6 Å². The number of H-pyrrole nitrogens is 1. The van der Waals surface area contributed by atoms with Gasteiger partial charge in [0, 0.05) is 5.56 Å². The molecule has 4 aromatic carbocycles. The second-order valence-electron chi connectivity index (χ2n) is 6.77. The van der Waals surface area contributed by atoms with E-state index in [0.29, 0.717) is 5.56 Å². The van der Waals surface area contributed by atoms with E-state index in [9.17, 15) is 4.79 Å². The fourth-order valence-corrected chi connectivity index (χ4v) is 3.49. The standard InChI is InChI=1S/C24H16N2O2/c27-24(28)20-11-10-17-12-16(8-9-18(17)14-20)15-4-3-5-19(13-15)23-25-21-6-1-2-7-22(21)26-23/h1-14H,(H,25,26)(H,27,28). The molecule has 0 aliphatic carbocycles. The van der Waals surface area contributed by atoms with Crippen LogP contribution in [0.5, 0.6) is 0 Å². The highest BCUT2D eigenvalue weighted by atomic mass is 16.4. The Bertz CT molecular complexity index is 1320. The third-order valence-corrected chi connectivity index (χ3v) is 4.95. The molecule has 0 atom stereocenters. The number of aromatic carboxylic acids is 1. The van der Waals surface area contributed by atoms with Crippen LogP contribution in [-0.2, 0) is 0 Å². The summed E-state index contributed by atoms with van der Waals surface area (Å²) in [4.78, 5) is 19.2. The second kappa shape index (κ2) is 6.35. The summed E-state index contributed by atoms with van der Waals surface area (Å²) in [6, 6.07) is 27.5. The van der Waals surface area contributed by atoms with Crippen molar-refractivity contribution in [2.45, 2.75) is 0 Å². The van der Waals surface area contributed by atoms with Crippen LogP contribution in [0, 0.1) is 0 Å². The Balaban J connectivity index is 1.57. The number of carboxylic acid groups (broad SMARTS) is 1. The number of rotatable bonds is 3. The summed E-state index contributed by atoms with van der Waals surface area (Å²) < 4.78 is 0. The quantitative estimate of drug-likeness (QED) is 0.428. The molecule has 4 heteroatoms. The summed E-state index contributed by atoms with van der Waals surface area (Å²) in [6.45, 7) is 0. The number of aromatic nitrogens is 2. The molecule has 0 aliphatic heterocycles. The van der Waals surface area contributed by atoms with Crippen molar-refractivity contribution in [2.75, 3.05) is 0 Å². The molecule has 4 nitrogen and oxygen atoms in total. The Kier molecular flexibility index (Phi) is 3.69. The van der Waals surface area contributed by atoms with Crippen molar-refractivity contribution >= 4 is 27.8 Å². The third-order valence-electron chi connectivity index (χ3n) is 4.95. The average Bonchev–Trinajstić information content (AvgIpc) is 3.17. The second-order valence-corrected chi connectivity index (χ2v) is 6.77. The van der Waals surface area contributed by atoms with Gasteiger partial charge in [-0.1, -0.05) is 48.5 Å². The molecule has 0 amide bonds. The van der Waals surface area contributed by atoms with E-state index in [-0.39, 0.29) is 0 Å². The van der Waals surface area contributed by atoms with Crippen molar-refractivity contribution in [3.63, 3.8) is 0 Å². The first-order valence-corrected chi connectivity index (χ1v) is 9.00. The summed E-state index contributed by atoms with van der Waals surface area (Å²) in [5.41, 5.74) is 5.45. The van der Waals surface area contributed by atoms with Crippen LogP contribution in [0.1, 0.15) is 10.4 Å². The minimum atomic E-state index is -0.912. The van der Waals surface area contributed by atoms with E-state index >= 15 is 0 Å². The topological polar surface area (TPSA) is 66.0 Å². The number of imidazole rings is 1. The molecule has 2 N–H and O–H groups in total. The minimum absolute atomic E-state index is 0.298. The monoisotopic (exact) mass is 364 g/mol. The van der Waals surface area contributed by atoms with Gasteiger partial charge in [-0.15, -0.1) is 0 Å². The number of carbonyl (C=O) groups is 1.